The van der Waals surface area contributed by atoms with E-state index in [-0.39, 0.29) is 0 Å². The number of halogens is 1. The van der Waals surface area contributed by atoms with Crippen LogP contribution < -0.4 is 5.32 Å². The van der Waals surface area contributed by atoms with Crippen LogP contribution in [-0.2, 0) is 13.6 Å². The minimum absolute atomic E-state index is 0.708. The molecule has 1 heterocycles. The van der Waals surface area contributed by atoms with Crippen molar-refractivity contribution in [1.29, 1.82) is 0 Å². The summed E-state index contributed by atoms with van der Waals surface area (Å²) in [5.41, 5.74) is 3.24. The van der Waals surface area contributed by atoms with Gasteiger partial charge in [-0.3, -0.25) is 0 Å². The molecule has 2 aromatic rings. The summed E-state index contributed by atoms with van der Waals surface area (Å²) in [5, 5.41) is 4.28. The quantitative estimate of drug-likeness (QED) is 0.907. The maximum absolute atomic E-state index is 6.12. The molecule has 1 aromatic carbocycles. The number of nitrogens with zero attached hydrogens (tertiary/aromatic N) is 2. The highest BCUT2D eigenvalue weighted by Crippen LogP contribution is 2.25. The highest BCUT2D eigenvalue weighted by Gasteiger charge is 2.21. The van der Waals surface area contributed by atoms with Crippen LogP contribution in [0.15, 0.2) is 12.1 Å². The molecular formula is C13H16ClN3. The molecule has 1 saturated carbocycles. The lowest BCUT2D eigenvalue weighted by Crippen LogP contribution is -2.18. The number of hydrogen-bond acceptors (Lipinski definition) is 2. The van der Waals surface area contributed by atoms with E-state index >= 15 is 0 Å². The molecule has 90 valence electrons. The normalized spacial score (nSPS) is 15.7. The SMILES string of the molecule is Cc1c(Cl)ccc2c1nc(CNC1CC1)n2C. The smallest absolute Gasteiger partial charge is 0.123 e. The molecule has 1 aromatic heterocycles. The molecule has 0 radical (unpaired) electrons. The van der Waals surface area contributed by atoms with Crippen molar-refractivity contribution in [2.75, 3.05) is 0 Å². The topological polar surface area (TPSA) is 29.9 Å². The number of aryl methyl sites for hydroxylation is 2. The molecule has 0 atom stereocenters. The zero-order valence-electron chi connectivity index (χ0n) is 10.1. The summed E-state index contributed by atoms with van der Waals surface area (Å²) in [6.07, 6.45) is 2.60. The summed E-state index contributed by atoms with van der Waals surface area (Å²) < 4.78 is 2.15. The second-order valence-electron chi connectivity index (χ2n) is 4.78. The van der Waals surface area contributed by atoms with E-state index in [4.69, 9.17) is 11.6 Å². The lowest BCUT2D eigenvalue weighted by atomic mass is 10.2. The van der Waals surface area contributed by atoms with E-state index in [0.717, 1.165) is 34.0 Å². The Balaban J connectivity index is 2.01. The highest BCUT2D eigenvalue weighted by atomic mass is 35.5. The summed E-state index contributed by atoms with van der Waals surface area (Å²) in [7, 11) is 2.06. The van der Waals surface area contributed by atoms with Crippen molar-refractivity contribution < 1.29 is 0 Å². The highest BCUT2D eigenvalue weighted by molar-refractivity contribution is 6.32. The van der Waals surface area contributed by atoms with Crippen molar-refractivity contribution in [3.63, 3.8) is 0 Å². The van der Waals surface area contributed by atoms with Crippen LogP contribution >= 0.6 is 11.6 Å². The Morgan fingerprint density at radius 1 is 1.47 bits per heavy atom. The van der Waals surface area contributed by atoms with Gasteiger partial charge in [0.25, 0.3) is 0 Å². The maximum atomic E-state index is 6.12. The van der Waals surface area contributed by atoms with Crippen LogP contribution in [-0.4, -0.2) is 15.6 Å². The van der Waals surface area contributed by atoms with Gasteiger partial charge >= 0.3 is 0 Å². The molecule has 4 heteroatoms. The largest absolute Gasteiger partial charge is 0.330 e. The molecule has 0 amide bonds. The van der Waals surface area contributed by atoms with E-state index < -0.39 is 0 Å². The van der Waals surface area contributed by atoms with Crippen LogP contribution in [0.25, 0.3) is 11.0 Å². The van der Waals surface area contributed by atoms with E-state index in [1.807, 2.05) is 19.1 Å². The van der Waals surface area contributed by atoms with E-state index in [2.05, 4.69) is 21.9 Å². The monoisotopic (exact) mass is 249 g/mol. The Bertz CT molecular complexity index is 570. The number of aromatic nitrogens is 2. The van der Waals surface area contributed by atoms with Gasteiger partial charge in [-0.05, 0) is 37.5 Å². The maximum Gasteiger partial charge on any atom is 0.123 e. The van der Waals surface area contributed by atoms with Crippen molar-refractivity contribution in [2.45, 2.75) is 32.4 Å². The Labute approximate surface area is 106 Å². The summed E-state index contributed by atoms with van der Waals surface area (Å²) in [5.74, 6) is 1.08. The number of rotatable bonds is 3. The number of hydrogen-bond donors (Lipinski definition) is 1. The van der Waals surface area contributed by atoms with Crippen LogP contribution in [0.3, 0.4) is 0 Å². The third kappa shape index (κ3) is 1.94. The first-order chi connectivity index (χ1) is 8.16. The van der Waals surface area contributed by atoms with E-state index in [1.54, 1.807) is 0 Å². The van der Waals surface area contributed by atoms with Crippen LogP contribution in [0.5, 0.6) is 0 Å². The first-order valence-electron chi connectivity index (χ1n) is 6.00. The molecule has 3 nitrogen and oxygen atoms in total. The first kappa shape index (κ1) is 11.1. The molecule has 0 spiro atoms. The fraction of sp³-hybridized carbons (Fsp3) is 0.462. The van der Waals surface area contributed by atoms with Crippen molar-refractivity contribution in [3.8, 4) is 0 Å². The average Bonchev–Trinajstić information content (AvgIpc) is 3.08. The average molecular weight is 250 g/mol. The molecule has 17 heavy (non-hydrogen) atoms. The lowest BCUT2D eigenvalue weighted by Gasteiger charge is -2.03. The third-order valence-electron chi connectivity index (χ3n) is 3.46. The van der Waals surface area contributed by atoms with E-state index in [9.17, 15) is 0 Å². The molecule has 0 bridgehead atoms. The van der Waals surface area contributed by atoms with Crippen LogP contribution in [0.2, 0.25) is 5.02 Å². The summed E-state index contributed by atoms with van der Waals surface area (Å²) in [4.78, 5) is 4.69. The fourth-order valence-electron chi connectivity index (χ4n) is 2.10. The second kappa shape index (κ2) is 4.00. The van der Waals surface area contributed by atoms with Crippen molar-refractivity contribution in [3.05, 3.63) is 28.5 Å². The standard InChI is InChI=1S/C13H16ClN3/c1-8-10(14)5-6-11-13(8)16-12(17(11)2)7-15-9-3-4-9/h5-6,9,15H,3-4,7H2,1-2H3. The molecule has 0 saturated heterocycles. The van der Waals surface area contributed by atoms with E-state index in [0.29, 0.717) is 6.04 Å². The zero-order valence-corrected chi connectivity index (χ0v) is 10.9. The van der Waals surface area contributed by atoms with Crippen molar-refractivity contribution in [2.24, 2.45) is 7.05 Å². The number of nitrogens with one attached hydrogen (secondary N) is 1. The molecule has 0 aliphatic heterocycles. The Hall–Kier alpha value is -1.06. The third-order valence-corrected chi connectivity index (χ3v) is 3.87. The molecule has 1 N–H and O–H groups in total. The van der Waals surface area contributed by atoms with Gasteiger partial charge in [0, 0.05) is 18.1 Å². The fourth-order valence-corrected chi connectivity index (χ4v) is 2.25. The number of fused-ring (bicyclic) bond motifs is 1. The first-order valence-corrected chi connectivity index (χ1v) is 6.38. The van der Waals surface area contributed by atoms with Gasteiger partial charge in [-0.15, -0.1) is 0 Å². The van der Waals surface area contributed by atoms with E-state index in [1.165, 1.54) is 12.8 Å². The Kier molecular flexibility index (Phi) is 2.60. The van der Waals surface area contributed by atoms with Crippen LogP contribution in [0, 0.1) is 6.92 Å². The molecular weight excluding hydrogens is 234 g/mol. The number of benzene rings is 1. The predicted molar refractivity (Wildman–Crippen MR) is 70.3 cm³/mol. The van der Waals surface area contributed by atoms with Crippen molar-refractivity contribution in [1.82, 2.24) is 14.9 Å². The Morgan fingerprint density at radius 2 is 2.24 bits per heavy atom. The van der Waals surface area contributed by atoms with Gasteiger partial charge in [0.15, 0.2) is 0 Å². The van der Waals surface area contributed by atoms with Gasteiger partial charge in [0.05, 0.1) is 17.6 Å². The molecule has 1 aliphatic rings. The summed E-state index contributed by atoms with van der Waals surface area (Å²) in [6.45, 7) is 2.86. The van der Waals surface area contributed by atoms with Gasteiger partial charge in [-0.1, -0.05) is 11.6 Å². The van der Waals surface area contributed by atoms with Gasteiger partial charge in [0.2, 0.25) is 0 Å². The minimum atomic E-state index is 0.708. The van der Waals surface area contributed by atoms with Gasteiger partial charge in [0.1, 0.15) is 5.82 Å². The molecule has 1 fully saturated rings. The van der Waals surface area contributed by atoms with Crippen molar-refractivity contribution >= 4 is 22.6 Å². The second-order valence-corrected chi connectivity index (χ2v) is 5.19. The minimum Gasteiger partial charge on any atom is -0.330 e. The molecule has 0 unspecified atom stereocenters. The summed E-state index contributed by atoms with van der Waals surface area (Å²) >= 11 is 6.12. The number of imidazole rings is 1. The van der Waals surface area contributed by atoms with Gasteiger partial charge in [-0.2, -0.15) is 0 Å². The van der Waals surface area contributed by atoms with Crippen LogP contribution in [0.4, 0.5) is 0 Å². The molecule has 1 aliphatic carbocycles. The predicted octanol–water partition coefficient (Wildman–Crippen LogP) is 2.79. The summed E-state index contributed by atoms with van der Waals surface area (Å²) in [6, 6.07) is 4.69. The Morgan fingerprint density at radius 3 is 2.94 bits per heavy atom. The van der Waals surface area contributed by atoms with Crippen LogP contribution in [0.1, 0.15) is 24.2 Å². The zero-order chi connectivity index (χ0) is 12.0. The lowest BCUT2D eigenvalue weighted by molar-refractivity contribution is 0.639. The molecule has 3 rings (SSSR count). The van der Waals surface area contributed by atoms with Gasteiger partial charge < -0.3 is 9.88 Å². The van der Waals surface area contributed by atoms with Gasteiger partial charge in [-0.25, -0.2) is 4.98 Å².